The number of hydrogen-bond donors (Lipinski definition) is 2. The second-order valence-electron chi connectivity index (χ2n) is 5.49. The van der Waals surface area contributed by atoms with Crippen LogP contribution in [0.15, 0.2) is 24.3 Å². The van der Waals surface area contributed by atoms with Crippen LogP contribution < -0.4 is 11.1 Å². The van der Waals surface area contributed by atoms with Crippen molar-refractivity contribution in [3.8, 4) is 0 Å². The van der Waals surface area contributed by atoms with Crippen LogP contribution in [0, 0.1) is 5.41 Å². The lowest BCUT2D eigenvalue weighted by Gasteiger charge is -2.54. The van der Waals surface area contributed by atoms with Crippen LogP contribution in [0.4, 0.5) is 5.95 Å². The number of anilines is 1. The summed E-state index contributed by atoms with van der Waals surface area (Å²) in [6, 6.07) is 8.75. The molecule has 1 aromatic heterocycles. The molecule has 3 N–H and O–H groups in total. The maximum absolute atomic E-state index is 6.05. The number of imidazole rings is 1. The van der Waals surface area contributed by atoms with Crippen LogP contribution in [0.2, 0.25) is 0 Å². The Morgan fingerprint density at radius 2 is 2.06 bits per heavy atom. The number of rotatable bonds is 1. The first-order valence-corrected chi connectivity index (χ1v) is 6.21. The van der Waals surface area contributed by atoms with Crippen molar-refractivity contribution < 1.29 is 0 Å². The maximum Gasteiger partial charge on any atom is 0.201 e. The highest BCUT2D eigenvalue weighted by Crippen LogP contribution is 2.52. The van der Waals surface area contributed by atoms with Crippen LogP contribution in [0.5, 0.6) is 0 Å². The topological polar surface area (TPSA) is 55.9 Å². The molecule has 1 aliphatic heterocycles. The standard InChI is InChI=1S/C13H16N4/c14-12-16-10-3-1-2-4-11(10)17(12)9-5-13(6-9)7-15-8-13/h1-4,9,15H,5-8H2,(H2,14,16). The fourth-order valence-corrected chi connectivity index (χ4v) is 3.34. The molecular weight excluding hydrogens is 212 g/mol. The Bertz CT molecular complexity index is 574. The Kier molecular flexibility index (Phi) is 1.68. The first-order valence-electron chi connectivity index (χ1n) is 6.21. The molecular formula is C13H16N4. The second-order valence-corrected chi connectivity index (χ2v) is 5.49. The highest BCUT2D eigenvalue weighted by atomic mass is 15.2. The average Bonchev–Trinajstić information content (AvgIpc) is 2.52. The Labute approximate surface area is 99.8 Å². The van der Waals surface area contributed by atoms with E-state index in [0.717, 1.165) is 5.52 Å². The van der Waals surface area contributed by atoms with Crippen molar-refractivity contribution in [1.82, 2.24) is 14.9 Å². The van der Waals surface area contributed by atoms with Gasteiger partial charge in [0.25, 0.3) is 0 Å². The molecule has 2 heterocycles. The summed E-state index contributed by atoms with van der Waals surface area (Å²) in [7, 11) is 0. The van der Waals surface area contributed by atoms with E-state index < -0.39 is 0 Å². The number of nitrogens with two attached hydrogens (primary N) is 1. The van der Waals surface area contributed by atoms with E-state index in [1.807, 2.05) is 12.1 Å². The quantitative estimate of drug-likeness (QED) is 0.778. The third-order valence-electron chi connectivity index (χ3n) is 4.33. The minimum Gasteiger partial charge on any atom is -0.369 e. The summed E-state index contributed by atoms with van der Waals surface area (Å²) in [5, 5.41) is 3.37. The lowest BCUT2D eigenvalue weighted by atomic mass is 9.61. The fourth-order valence-electron chi connectivity index (χ4n) is 3.34. The average molecular weight is 228 g/mol. The monoisotopic (exact) mass is 228 g/mol. The van der Waals surface area contributed by atoms with Crippen LogP contribution in [0.25, 0.3) is 11.0 Å². The van der Waals surface area contributed by atoms with Crippen molar-refractivity contribution in [3.63, 3.8) is 0 Å². The molecule has 1 aromatic carbocycles. The molecule has 17 heavy (non-hydrogen) atoms. The van der Waals surface area contributed by atoms with Crippen molar-refractivity contribution in [2.75, 3.05) is 18.8 Å². The van der Waals surface area contributed by atoms with E-state index in [9.17, 15) is 0 Å². The molecule has 4 heteroatoms. The minimum atomic E-state index is 0.546. The summed E-state index contributed by atoms with van der Waals surface area (Å²) in [4.78, 5) is 4.43. The number of nitrogen functional groups attached to an aromatic ring is 1. The van der Waals surface area contributed by atoms with E-state index in [0.29, 0.717) is 17.4 Å². The lowest BCUT2D eigenvalue weighted by Crippen LogP contribution is -2.60. The maximum atomic E-state index is 6.05. The molecule has 2 fully saturated rings. The SMILES string of the molecule is Nc1nc2ccccc2n1C1CC2(CNC2)C1. The van der Waals surface area contributed by atoms with Gasteiger partial charge in [0.2, 0.25) is 5.95 Å². The van der Waals surface area contributed by atoms with Gasteiger partial charge in [0, 0.05) is 19.1 Å². The summed E-state index contributed by atoms with van der Waals surface area (Å²) >= 11 is 0. The Morgan fingerprint density at radius 3 is 2.76 bits per heavy atom. The first-order chi connectivity index (χ1) is 8.27. The third-order valence-corrected chi connectivity index (χ3v) is 4.33. The van der Waals surface area contributed by atoms with Crippen molar-refractivity contribution in [1.29, 1.82) is 0 Å². The van der Waals surface area contributed by atoms with Gasteiger partial charge in [-0.1, -0.05) is 12.1 Å². The zero-order valence-corrected chi connectivity index (χ0v) is 9.69. The van der Waals surface area contributed by atoms with Crippen LogP contribution in [0.3, 0.4) is 0 Å². The van der Waals surface area contributed by atoms with E-state index in [1.165, 1.54) is 31.4 Å². The van der Waals surface area contributed by atoms with Crippen molar-refractivity contribution in [2.24, 2.45) is 5.41 Å². The van der Waals surface area contributed by atoms with Gasteiger partial charge in [-0.3, -0.25) is 0 Å². The number of fused-ring (bicyclic) bond motifs is 1. The first kappa shape index (κ1) is 9.48. The van der Waals surface area contributed by atoms with Gasteiger partial charge < -0.3 is 15.6 Å². The number of hydrogen-bond acceptors (Lipinski definition) is 3. The summed E-state index contributed by atoms with van der Waals surface area (Å²) in [5.74, 6) is 0.665. The molecule has 88 valence electrons. The summed E-state index contributed by atoms with van der Waals surface area (Å²) in [6.07, 6.45) is 2.48. The highest BCUT2D eigenvalue weighted by molar-refractivity contribution is 5.78. The molecule has 0 amide bonds. The minimum absolute atomic E-state index is 0.546. The summed E-state index contributed by atoms with van der Waals surface area (Å²) < 4.78 is 2.22. The molecule has 2 aliphatic rings. The molecule has 1 spiro atoms. The van der Waals surface area contributed by atoms with Crippen LogP contribution in [0.1, 0.15) is 18.9 Å². The molecule has 0 radical (unpaired) electrons. The molecule has 0 atom stereocenters. The van der Waals surface area contributed by atoms with Crippen LogP contribution in [-0.4, -0.2) is 22.6 Å². The van der Waals surface area contributed by atoms with Gasteiger partial charge in [0.15, 0.2) is 0 Å². The number of nitrogens with one attached hydrogen (secondary N) is 1. The van der Waals surface area contributed by atoms with Gasteiger partial charge >= 0.3 is 0 Å². The Hall–Kier alpha value is -1.55. The van der Waals surface area contributed by atoms with Crippen molar-refractivity contribution >= 4 is 17.0 Å². The molecule has 1 saturated carbocycles. The lowest BCUT2D eigenvalue weighted by molar-refractivity contribution is 0.0101. The normalized spacial score (nSPS) is 22.6. The van der Waals surface area contributed by atoms with Crippen molar-refractivity contribution in [2.45, 2.75) is 18.9 Å². The summed E-state index contributed by atoms with van der Waals surface area (Å²) in [6.45, 7) is 2.35. The zero-order valence-electron chi connectivity index (χ0n) is 9.69. The largest absolute Gasteiger partial charge is 0.369 e. The van der Waals surface area contributed by atoms with E-state index in [2.05, 4.69) is 27.0 Å². The third kappa shape index (κ3) is 1.19. The molecule has 1 saturated heterocycles. The molecule has 4 rings (SSSR count). The van der Waals surface area contributed by atoms with Crippen molar-refractivity contribution in [3.05, 3.63) is 24.3 Å². The van der Waals surface area contributed by atoms with Gasteiger partial charge in [-0.15, -0.1) is 0 Å². The van der Waals surface area contributed by atoms with Gasteiger partial charge in [-0.2, -0.15) is 0 Å². The molecule has 4 nitrogen and oxygen atoms in total. The second kappa shape index (κ2) is 3.01. The molecule has 0 bridgehead atoms. The number of benzene rings is 1. The zero-order chi connectivity index (χ0) is 11.5. The van der Waals surface area contributed by atoms with Gasteiger partial charge in [0.1, 0.15) is 0 Å². The number of aromatic nitrogens is 2. The predicted molar refractivity (Wildman–Crippen MR) is 67.7 cm³/mol. The Balaban J connectivity index is 1.74. The smallest absolute Gasteiger partial charge is 0.201 e. The van der Waals surface area contributed by atoms with E-state index in [-0.39, 0.29) is 0 Å². The number of nitrogens with zero attached hydrogens (tertiary/aromatic N) is 2. The predicted octanol–water partition coefficient (Wildman–Crippen LogP) is 1.54. The van der Waals surface area contributed by atoms with Gasteiger partial charge in [-0.05, 0) is 30.4 Å². The fraction of sp³-hybridized carbons (Fsp3) is 0.462. The van der Waals surface area contributed by atoms with Gasteiger partial charge in [0.05, 0.1) is 11.0 Å². The van der Waals surface area contributed by atoms with Gasteiger partial charge in [-0.25, -0.2) is 4.98 Å². The van der Waals surface area contributed by atoms with E-state index >= 15 is 0 Å². The number of para-hydroxylation sites is 2. The molecule has 0 unspecified atom stereocenters. The van der Waals surface area contributed by atoms with E-state index in [4.69, 9.17) is 5.73 Å². The van der Waals surface area contributed by atoms with E-state index in [1.54, 1.807) is 0 Å². The summed E-state index contributed by atoms with van der Waals surface area (Å²) in [5.41, 5.74) is 8.81. The highest BCUT2D eigenvalue weighted by Gasteiger charge is 2.49. The van der Waals surface area contributed by atoms with Crippen LogP contribution >= 0.6 is 0 Å². The Morgan fingerprint density at radius 1 is 1.29 bits per heavy atom. The molecule has 2 aromatic rings. The van der Waals surface area contributed by atoms with Crippen LogP contribution in [-0.2, 0) is 0 Å². The molecule has 1 aliphatic carbocycles.